The summed E-state index contributed by atoms with van der Waals surface area (Å²) in [5, 5.41) is 8.06. The first-order chi connectivity index (χ1) is 5.20. The molecule has 0 spiro atoms. The van der Waals surface area contributed by atoms with Crippen molar-refractivity contribution in [1.82, 2.24) is 0 Å². The van der Waals surface area contributed by atoms with Gasteiger partial charge in [-0.3, -0.25) is 0 Å². The zero-order chi connectivity index (χ0) is 8.27. The van der Waals surface area contributed by atoms with E-state index in [2.05, 4.69) is 24.3 Å². The highest BCUT2D eigenvalue weighted by Crippen LogP contribution is 2.47. The van der Waals surface area contributed by atoms with Gasteiger partial charge in [0, 0.05) is 15.9 Å². The molecule has 2 rings (SSSR count). The van der Waals surface area contributed by atoms with E-state index in [-0.39, 0.29) is 6.10 Å². The van der Waals surface area contributed by atoms with Crippen molar-refractivity contribution in [3.63, 3.8) is 0 Å². The number of hydrogen-bond donors (Lipinski definition) is 1. The second-order valence-corrected chi connectivity index (χ2v) is 3.73. The molecule has 0 radical (unpaired) electrons. The lowest BCUT2D eigenvalue weighted by molar-refractivity contribution is 0.216. The maximum Gasteiger partial charge on any atom is 0.0483 e. The van der Waals surface area contributed by atoms with E-state index in [1.54, 1.807) is 13.8 Å². The van der Waals surface area contributed by atoms with Crippen LogP contribution < -0.4 is 0 Å². The Hall–Kier alpha value is -0.470. The smallest absolute Gasteiger partial charge is 0.0483 e. The lowest BCUT2D eigenvalue weighted by Gasteiger charge is -1.80. The van der Waals surface area contributed by atoms with E-state index < -0.39 is 0 Å². The highest BCUT2D eigenvalue weighted by molar-refractivity contribution is 8.04. The zero-order valence-corrected chi connectivity index (χ0v) is 7.56. The van der Waals surface area contributed by atoms with Crippen LogP contribution in [-0.2, 0) is 0 Å². The van der Waals surface area contributed by atoms with E-state index in [1.165, 1.54) is 9.79 Å². The molecule has 1 nitrogen and oxygen atoms in total. The van der Waals surface area contributed by atoms with Crippen LogP contribution in [0.1, 0.15) is 13.8 Å². The summed E-state index contributed by atoms with van der Waals surface area (Å²) in [6.07, 6.45) is -0.167. The van der Waals surface area contributed by atoms with Crippen LogP contribution in [0.3, 0.4) is 0 Å². The van der Waals surface area contributed by atoms with Crippen LogP contribution in [0.5, 0.6) is 0 Å². The lowest BCUT2D eigenvalue weighted by Crippen LogP contribution is -1.85. The second kappa shape index (κ2) is 3.79. The molecule has 1 aliphatic heterocycles. The summed E-state index contributed by atoms with van der Waals surface area (Å²) in [6.45, 7) is 3.44. The monoisotopic (exact) mass is 168 g/mol. The van der Waals surface area contributed by atoms with Gasteiger partial charge in [0.2, 0.25) is 0 Å². The largest absolute Gasteiger partial charge is 0.394 e. The van der Waals surface area contributed by atoms with Crippen LogP contribution >= 0.6 is 11.8 Å². The van der Waals surface area contributed by atoms with Crippen molar-refractivity contribution in [1.29, 1.82) is 0 Å². The van der Waals surface area contributed by atoms with Gasteiger partial charge in [-0.2, -0.15) is 0 Å². The summed E-state index contributed by atoms with van der Waals surface area (Å²) in [6, 6.07) is 8.41. The van der Waals surface area contributed by atoms with Gasteiger partial charge in [0.15, 0.2) is 0 Å². The number of aliphatic hydroxyl groups is 1. The maximum atomic E-state index is 8.06. The molecular weight excluding hydrogens is 156 g/mol. The van der Waals surface area contributed by atoms with Gasteiger partial charge in [0.1, 0.15) is 0 Å². The molecule has 0 bridgehead atoms. The Morgan fingerprint density at radius 2 is 1.55 bits per heavy atom. The minimum absolute atomic E-state index is 0.167. The third-order valence-corrected chi connectivity index (χ3v) is 1.98. The highest BCUT2D eigenvalue weighted by Gasteiger charge is 2.14. The first-order valence-electron chi connectivity index (χ1n) is 3.65. The molecule has 1 aromatic carbocycles. The first-order valence-corrected chi connectivity index (χ1v) is 4.46. The quantitative estimate of drug-likeness (QED) is 0.610. The average Bonchev–Trinajstić information content (AvgIpc) is 2.62. The van der Waals surface area contributed by atoms with Crippen LogP contribution in [0.4, 0.5) is 0 Å². The van der Waals surface area contributed by atoms with E-state index in [4.69, 9.17) is 5.11 Å². The summed E-state index contributed by atoms with van der Waals surface area (Å²) in [7, 11) is 0. The molecule has 1 heterocycles. The Morgan fingerprint density at radius 3 is 1.82 bits per heavy atom. The molecule has 0 aliphatic carbocycles. The third-order valence-electron chi connectivity index (χ3n) is 1.03. The molecule has 0 fully saturated rings. The molecule has 0 atom stereocenters. The molecule has 0 amide bonds. The van der Waals surface area contributed by atoms with Crippen molar-refractivity contribution in [3.8, 4) is 0 Å². The van der Waals surface area contributed by atoms with Crippen LogP contribution in [0, 0.1) is 0 Å². The molecule has 0 aromatic heterocycles. The number of aliphatic hydroxyl groups excluding tert-OH is 1. The SMILES string of the molecule is CC(C)O.c1ccc2c(c1)S2. The predicted molar refractivity (Wildman–Crippen MR) is 47.9 cm³/mol. The van der Waals surface area contributed by atoms with Gasteiger partial charge in [-0.05, 0) is 26.0 Å². The molecule has 0 saturated heterocycles. The fraction of sp³-hybridized carbons (Fsp3) is 0.333. The van der Waals surface area contributed by atoms with Crippen LogP contribution in [0.2, 0.25) is 0 Å². The predicted octanol–water partition coefficient (Wildman–Crippen LogP) is 2.54. The lowest BCUT2D eigenvalue weighted by atomic mass is 10.4. The minimum Gasteiger partial charge on any atom is -0.394 e. The van der Waals surface area contributed by atoms with Crippen LogP contribution in [0.25, 0.3) is 0 Å². The van der Waals surface area contributed by atoms with Crippen molar-refractivity contribution < 1.29 is 5.11 Å². The Kier molecular flexibility index (Phi) is 2.97. The summed E-state index contributed by atoms with van der Waals surface area (Å²) in [4.78, 5) is 2.89. The zero-order valence-electron chi connectivity index (χ0n) is 6.74. The minimum atomic E-state index is -0.167. The highest BCUT2D eigenvalue weighted by atomic mass is 32.2. The Morgan fingerprint density at radius 1 is 1.18 bits per heavy atom. The van der Waals surface area contributed by atoms with E-state index in [0.717, 1.165) is 0 Å². The molecule has 11 heavy (non-hydrogen) atoms. The second-order valence-electron chi connectivity index (χ2n) is 2.64. The van der Waals surface area contributed by atoms with E-state index in [9.17, 15) is 0 Å². The van der Waals surface area contributed by atoms with Gasteiger partial charge in [-0.25, -0.2) is 0 Å². The normalized spacial score (nSPS) is 11.6. The number of rotatable bonds is 0. The molecule has 0 saturated carbocycles. The molecule has 1 aromatic rings. The van der Waals surface area contributed by atoms with Crippen molar-refractivity contribution in [2.24, 2.45) is 0 Å². The van der Waals surface area contributed by atoms with Crippen molar-refractivity contribution in [3.05, 3.63) is 24.3 Å². The van der Waals surface area contributed by atoms with Gasteiger partial charge in [0.25, 0.3) is 0 Å². The van der Waals surface area contributed by atoms with Gasteiger partial charge in [0.05, 0.1) is 0 Å². The Balaban J connectivity index is 0.000000134. The fourth-order valence-electron chi connectivity index (χ4n) is 0.611. The number of benzene rings is 1. The van der Waals surface area contributed by atoms with Gasteiger partial charge in [-0.1, -0.05) is 23.9 Å². The summed E-state index contributed by atoms with van der Waals surface area (Å²) in [5.74, 6) is 0. The molecule has 2 heteroatoms. The molecule has 0 unspecified atom stereocenters. The van der Waals surface area contributed by atoms with Gasteiger partial charge < -0.3 is 5.11 Å². The standard InChI is InChI=1S/C6H4S.C3H8O/c1-2-4-6-5(3-1)7-6;1-3(2)4/h1-4H;3-4H,1-2H3. The van der Waals surface area contributed by atoms with Crippen molar-refractivity contribution in [2.75, 3.05) is 0 Å². The molecule has 1 N–H and O–H groups in total. The molecular formula is C9H12OS. The summed E-state index contributed by atoms with van der Waals surface area (Å²) < 4.78 is 0. The topological polar surface area (TPSA) is 20.2 Å². The van der Waals surface area contributed by atoms with Gasteiger partial charge >= 0.3 is 0 Å². The van der Waals surface area contributed by atoms with Crippen molar-refractivity contribution >= 4 is 11.8 Å². The first kappa shape index (κ1) is 8.62. The van der Waals surface area contributed by atoms with Crippen LogP contribution in [0.15, 0.2) is 34.1 Å². The van der Waals surface area contributed by atoms with E-state index in [1.807, 2.05) is 11.8 Å². The summed E-state index contributed by atoms with van der Waals surface area (Å²) in [5.41, 5.74) is 0. The molecule has 60 valence electrons. The number of hydrogen-bond acceptors (Lipinski definition) is 2. The summed E-state index contributed by atoms with van der Waals surface area (Å²) >= 11 is 1.86. The van der Waals surface area contributed by atoms with Crippen molar-refractivity contribution in [2.45, 2.75) is 29.7 Å². The maximum absolute atomic E-state index is 8.06. The van der Waals surface area contributed by atoms with Crippen LogP contribution in [-0.4, -0.2) is 11.2 Å². The Bertz CT molecular complexity index is 209. The Labute approximate surface area is 71.4 Å². The van der Waals surface area contributed by atoms with Gasteiger partial charge in [-0.15, -0.1) is 0 Å². The molecule has 1 aliphatic rings. The van der Waals surface area contributed by atoms with E-state index in [0.29, 0.717) is 0 Å². The average molecular weight is 168 g/mol. The van der Waals surface area contributed by atoms with E-state index >= 15 is 0 Å². The fourth-order valence-corrected chi connectivity index (χ4v) is 1.23. The third kappa shape index (κ3) is 3.44. The number of fused-ring (bicyclic) bond motifs is 1.